The summed E-state index contributed by atoms with van der Waals surface area (Å²) in [6.45, 7) is -0.00997. The number of amides is 3. The van der Waals surface area contributed by atoms with Gasteiger partial charge in [0.15, 0.2) is 11.5 Å². The zero-order valence-corrected chi connectivity index (χ0v) is 22.5. The van der Waals surface area contributed by atoms with Gasteiger partial charge in [0.05, 0.1) is 23.3 Å². The summed E-state index contributed by atoms with van der Waals surface area (Å²) in [5.41, 5.74) is 0.0861. The maximum Gasteiger partial charge on any atom is 0.418 e. The minimum Gasteiger partial charge on any atom is -0.493 e. The average molecular weight is 591 g/mol. The zero-order valence-electron chi connectivity index (χ0n) is 21.0. The molecule has 0 atom stereocenters. The highest BCUT2D eigenvalue weighted by Gasteiger charge is 2.36. The summed E-state index contributed by atoms with van der Waals surface area (Å²) in [6, 6.07) is 16.8. The molecule has 3 amide bonds. The smallest absolute Gasteiger partial charge is 0.418 e. The van der Waals surface area contributed by atoms with Crippen molar-refractivity contribution in [1.82, 2.24) is 4.90 Å². The first-order valence-electron chi connectivity index (χ1n) is 11.8. The van der Waals surface area contributed by atoms with Gasteiger partial charge in [-0.05, 0) is 65.4 Å². The van der Waals surface area contributed by atoms with Gasteiger partial charge in [0.25, 0.3) is 11.1 Å². The predicted molar refractivity (Wildman–Crippen MR) is 146 cm³/mol. The number of carbonyl (C=O) groups excluding carboxylic acids is 3. The van der Waals surface area contributed by atoms with Crippen molar-refractivity contribution in [2.45, 2.75) is 19.2 Å². The fourth-order valence-electron chi connectivity index (χ4n) is 3.74. The van der Waals surface area contributed by atoms with E-state index < -0.39 is 34.5 Å². The molecule has 1 saturated heterocycles. The number of imide groups is 1. The number of rotatable bonds is 9. The lowest BCUT2D eigenvalue weighted by Crippen LogP contribution is -2.31. The van der Waals surface area contributed by atoms with Crippen LogP contribution in [0.5, 0.6) is 11.5 Å². The molecule has 1 aliphatic heterocycles. The van der Waals surface area contributed by atoms with Crippen molar-refractivity contribution < 1.29 is 37.0 Å². The molecule has 4 rings (SSSR count). The second kappa shape index (κ2) is 12.5. The molecule has 0 saturated carbocycles. The minimum atomic E-state index is -4.65. The SMILES string of the molecule is COc1cc(C=C2SC(=O)N(CCC(=O)Nc3ccccc3C(F)(F)F)C2=O)ccc1OCc1ccc(Cl)cc1. The molecule has 7 nitrogen and oxygen atoms in total. The molecule has 1 fully saturated rings. The number of alkyl halides is 3. The van der Waals surface area contributed by atoms with Crippen molar-refractivity contribution >= 4 is 52.2 Å². The number of hydrogen-bond donors (Lipinski definition) is 1. The van der Waals surface area contributed by atoms with Gasteiger partial charge in [-0.1, -0.05) is 41.9 Å². The Labute approximate surface area is 236 Å². The van der Waals surface area contributed by atoms with E-state index in [0.29, 0.717) is 33.8 Å². The van der Waals surface area contributed by atoms with Crippen LogP contribution in [0.2, 0.25) is 5.02 Å². The van der Waals surface area contributed by atoms with E-state index >= 15 is 0 Å². The molecule has 0 aliphatic carbocycles. The van der Waals surface area contributed by atoms with E-state index in [9.17, 15) is 27.6 Å². The van der Waals surface area contributed by atoms with Crippen LogP contribution >= 0.6 is 23.4 Å². The number of nitrogens with zero attached hydrogens (tertiary/aromatic N) is 1. The largest absolute Gasteiger partial charge is 0.493 e. The van der Waals surface area contributed by atoms with E-state index in [1.54, 1.807) is 30.3 Å². The summed E-state index contributed by atoms with van der Waals surface area (Å²) in [6.07, 6.45) is -3.51. The van der Waals surface area contributed by atoms with Crippen molar-refractivity contribution in [2.24, 2.45) is 0 Å². The van der Waals surface area contributed by atoms with Crippen molar-refractivity contribution in [3.8, 4) is 11.5 Å². The number of carbonyl (C=O) groups is 3. The Morgan fingerprint density at radius 2 is 1.77 bits per heavy atom. The number of methoxy groups -OCH3 is 1. The number of thioether (sulfide) groups is 1. The van der Waals surface area contributed by atoms with Crippen molar-refractivity contribution in [3.05, 3.63) is 93.3 Å². The highest BCUT2D eigenvalue weighted by Crippen LogP contribution is 2.36. The Morgan fingerprint density at radius 3 is 2.48 bits per heavy atom. The van der Waals surface area contributed by atoms with Crippen LogP contribution in [-0.2, 0) is 22.4 Å². The number of halogens is 4. The Balaban J connectivity index is 1.38. The first kappa shape index (κ1) is 29.0. The van der Waals surface area contributed by atoms with E-state index in [-0.39, 0.29) is 24.5 Å². The highest BCUT2D eigenvalue weighted by molar-refractivity contribution is 8.18. The molecule has 3 aromatic rings. The van der Waals surface area contributed by atoms with E-state index in [2.05, 4.69) is 5.32 Å². The quantitative estimate of drug-likeness (QED) is 0.270. The van der Waals surface area contributed by atoms with Crippen LogP contribution in [0.15, 0.2) is 71.6 Å². The average Bonchev–Trinajstić information content (AvgIpc) is 3.18. The zero-order chi connectivity index (χ0) is 28.9. The van der Waals surface area contributed by atoms with Gasteiger partial charge in [-0.3, -0.25) is 19.3 Å². The third-order valence-corrected chi connectivity index (χ3v) is 6.90. The van der Waals surface area contributed by atoms with Crippen LogP contribution in [0.3, 0.4) is 0 Å². The Hall–Kier alpha value is -3.96. The molecule has 3 aromatic carbocycles. The normalized spacial score (nSPS) is 14.5. The summed E-state index contributed by atoms with van der Waals surface area (Å²) in [5.74, 6) is -0.488. The van der Waals surface area contributed by atoms with Gasteiger partial charge in [0, 0.05) is 18.0 Å². The van der Waals surface area contributed by atoms with Gasteiger partial charge in [-0.15, -0.1) is 0 Å². The van der Waals surface area contributed by atoms with Crippen molar-refractivity contribution in [3.63, 3.8) is 0 Å². The van der Waals surface area contributed by atoms with Gasteiger partial charge in [-0.2, -0.15) is 13.2 Å². The predicted octanol–water partition coefficient (Wildman–Crippen LogP) is 7.01. The number of para-hydroxylation sites is 1. The number of hydrogen-bond acceptors (Lipinski definition) is 6. The summed E-state index contributed by atoms with van der Waals surface area (Å²) < 4.78 is 50.8. The molecule has 0 aromatic heterocycles. The Bertz CT molecular complexity index is 1460. The number of nitrogens with one attached hydrogen (secondary N) is 1. The highest BCUT2D eigenvalue weighted by atomic mass is 35.5. The van der Waals surface area contributed by atoms with E-state index in [0.717, 1.165) is 22.6 Å². The summed E-state index contributed by atoms with van der Waals surface area (Å²) in [7, 11) is 1.47. The molecule has 0 unspecified atom stereocenters. The standard InChI is InChI=1S/C28H22ClF3N2O5S/c1-38-23-14-18(8-11-22(23)39-16-17-6-9-19(29)10-7-17)15-24-26(36)34(27(37)40-24)13-12-25(35)33-21-5-3-2-4-20(21)28(30,31)32/h2-11,14-15H,12-13,16H2,1H3,(H,33,35). The fourth-order valence-corrected chi connectivity index (χ4v) is 4.74. The number of anilines is 1. The second-order valence-corrected chi connectivity index (χ2v) is 9.93. The molecule has 1 heterocycles. The topological polar surface area (TPSA) is 84.9 Å². The van der Waals surface area contributed by atoms with Gasteiger partial charge in [0.2, 0.25) is 5.91 Å². The van der Waals surface area contributed by atoms with Crippen LogP contribution in [0.1, 0.15) is 23.1 Å². The van der Waals surface area contributed by atoms with E-state index in [1.807, 2.05) is 12.1 Å². The molecule has 0 bridgehead atoms. The van der Waals surface area contributed by atoms with Gasteiger partial charge in [0.1, 0.15) is 6.61 Å². The van der Waals surface area contributed by atoms with Crippen LogP contribution in [-0.4, -0.2) is 35.6 Å². The number of benzene rings is 3. The first-order chi connectivity index (χ1) is 19.0. The molecule has 12 heteroatoms. The molecular weight excluding hydrogens is 569 g/mol. The van der Waals surface area contributed by atoms with Gasteiger partial charge >= 0.3 is 6.18 Å². The van der Waals surface area contributed by atoms with Gasteiger partial charge < -0.3 is 14.8 Å². The molecule has 1 aliphatic rings. The lowest BCUT2D eigenvalue weighted by atomic mass is 10.1. The minimum absolute atomic E-state index is 0.129. The Morgan fingerprint density at radius 1 is 1.05 bits per heavy atom. The lowest BCUT2D eigenvalue weighted by molar-refractivity contribution is -0.137. The molecule has 208 valence electrons. The molecular formula is C28H22ClF3N2O5S. The van der Waals surface area contributed by atoms with E-state index in [4.69, 9.17) is 21.1 Å². The lowest BCUT2D eigenvalue weighted by Gasteiger charge is -2.15. The summed E-state index contributed by atoms with van der Waals surface area (Å²) in [4.78, 5) is 38.6. The number of ether oxygens (including phenoxy) is 2. The second-order valence-electron chi connectivity index (χ2n) is 8.50. The molecule has 40 heavy (non-hydrogen) atoms. The fraction of sp³-hybridized carbons (Fsp3) is 0.179. The van der Waals surface area contributed by atoms with Crippen LogP contribution in [0.25, 0.3) is 6.08 Å². The molecule has 0 spiro atoms. The maximum atomic E-state index is 13.2. The van der Waals surface area contributed by atoms with Crippen LogP contribution in [0, 0.1) is 0 Å². The Kier molecular flexibility index (Phi) is 9.06. The van der Waals surface area contributed by atoms with Crippen molar-refractivity contribution in [2.75, 3.05) is 19.0 Å². The molecule has 0 radical (unpaired) electrons. The third-order valence-electron chi connectivity index (χ3n) is 5.74. The van der Waals surface area contributed by atoms with E-state index in [1.165, 1.54) is 25.3 Å². The maximum absolute atomic E-state index is 13.2. The monoisotopic (exact) mass is 590 g/mol. The van der Waals surface area contributed by atoms with Crippen LogP contribution in [0.4, 0.5) is 23.7 Å². The molecule has 1 N–H and O–H groups in total. The van der Waals surface area contributed by atoms with Crippen molar-refractivity contribution in [1.29, 1.82) is 0 Å². The van der Waals surface area contributed by atoms with Crippen LogP contribution < -0.4 is 14.8 Å². The van der Waals surface area contributed by atoms with Gasteiger partial charge in [-0.25, -0.2) is 0 Å². The first-order valence-corrected chi connectivity index (χ1v) is 13.0. The summed E-state index contributed by atoms with van der Waals surface area (Å²) in [5, 5.41) is 2.23. The third kappa shape index (κ3) is 7.16. The summed E-state index contributed by atoms with van der Waals surface area (Å²) >= 11 is 6.60.